The number of pyridine rings is 1. The van der Waals surface area contributed by atoms with E-state index in [1.165, 1.54) is 0 Å². The first kappa shape index (κ1) is 17.6. The number of hydrogen-bond donors (Lipinski definition) is 1. The Morgan fingerprint density at radius 3 is 2.56 bits per heavy atom. The van der Waals surface area contributed by atoms with Crippen molar-refractivity contribution in [1.29, 1.82) is 0 Å². The zero-order valence-corrected chi connectivity index (χ0v) is 15.9. The summed E-state index contributed by atoms with van der Waals surface area (Å²) in [6.45, 7) is 1.99. The van der Waals surface area contributed by atoms with Crippen molar-refractivity contribution >= 4 is 40.6 Å². The number of carbonyl (C=O) groups excluding carboxylic acids is 1. The Bertz CT molecular complexity index is 1150. The molecule has 0 atom stereocenters. The van der Waals surface area contributed by atoms with Crippen molar-refractivity contribution in [2.24, 2.45) is 0 Å². The van der Waals surface area contributed by atoms with Gasteiger partial charge in [-0.2, -0.15) is 0 Å². The van der Waals surface area contributed by atoms with Gasteiger partial charge in [0.05, 0.1) is 15.6 Å². The third-order valence-electron chi connectivity index (χ3n) is 4.24. The van der Waals surface area contributed by atoms with Crippen LogP contribution in [0.4, 0.5) is 5.82 Å². The quantitative estimate of drug-likeness (QED) is 0.471. The molecule has 0 unspecified atom stereocenters. The van der Waals surface area contributed by atoms with Crippen LogP contribution in [0.15, 0.2) is 66.9 Å². The lowest BCUT2D eigenvalue weighted by atomic mass is 10.1. The molecular weight excluding hydrogens is 381 g/mol. The third-order valence-corrected chi connectivity index (χ3v) is 5.06. The smallest absolute Gasteiger partial charge is 0.258 e. The van der Waals surface area contributed by atoms with Crippen LogP contribution >= 0.6 is 23.2 Å². The predicted octanol–water partition coefficient (Wildman–Crippen LogP) is 5.87. The number of carbonyl (C=O) groups is 1. The van der Waals surface area contributed by atoms with Crippen LogP contribution in [-0.4, -0.2) is 15.3 Å². The zero-order chi connectivity index (χ0) is 19.0. The van der Waals surface area contributed by atoms with Crippen LogP contribution in [0, 0.1) is 6.92 Å². The Morgan fingerprint density at radius 2 is 1.78 bits per heavy atom. The largest absolute Gasteiger partial charge is 0.306 e. The molecule has 4 aromatic rings. The maximum absolute atomic E-state index is 12.9. The molecule has 4 nitrogen and oxygen atoms in total. The van der Waals surface area contributed by atoms with E-state index in [2.05, 4.69) is 5.32 Å². The van der Waals surface area contributed by atoms with Gasteiger partial charge in [0.25, 0.3) is 5.91 Å². The monoisotopic (exact) mass is 395 g/mol. The fourth-order valence-electron chi connectivity index (χ4n) is 2.92. The second-order valence-corrected chi connectivity index (χ2v) is 6.95. The standard InChI is InChI=1S/C21H15Cl2N3O/c1-13-10-11-17-24-19(14-6-3-2-4-7-14)20(26(17)12-13)25-21(27)15-8-5-9-16(22)18(15)23/h2-12H,1H3,(H,25,27). The highest BCUT2D eigenvalue weighted by molar-refractivity contribution is 6.44. The topological polar surface area (TPSA) is 46.4 Å². The van der Waals surface area contributed by atoms with E-state index in [1.54, 1.807) is 18.2 Å². The first-order valence-corrected chi connectivity index (χ1v) is 9.09. The molecule has 2 aromatic heterocycles. The summed E-state index contributed by atoms with van der Waals surface area (Å²) >= 11 is 12.3. The summed E-state index contributed by atoms with van der Waals surface area (Å²) in [5, 5.41) is 3.52. The van der Waals surface area contributed by atoms with Gasteiger partial charge in [0.2, 0.25) is 0 Å². The highest BCUT2D eigenvalue weighted by atomic mass is 35.5. The summed E-state index contributed by atoms with van der Waals surface area (Å²) in [5.41, 5.74) is 3.70. The zero-order valence-electron chi connectivity index (χ0n) is 14.4. The summed E-state index contributed by atoms with van der Waals surface area (Å²) in [6, 6.07) is 18.6. The Balaban J connectivity index is 1.86. The number of amides is 1. The van der Waals surface area contributed by atoms with Gasteiger partial charge in [-0.1, -0.05) is 65.7 Å². The van der Waals surface area contributed by atoms with E-state index in [-0.39, 0.29) is 10.9 Å². The van der Waals surface area contributed by atoms with Gasteiger partial charge < -0.3 is 5.32 Å². The summed E-state index contributed by atoms with van der Waals surface area (Å²) in [4.78, 5) is 17.6. The molecule has 4 rings (SSSR count). The number of aromatic nitrogens is 2. The van der Waals surface area contributed by atoms with Crippen molar-refractivity contribution in [2.45, 2.75) is 6.92 Å². The van der Waals surface area contributed by atoms with Crippen LogP contribution in [0.3, 0.4) is 0 Å². The van der Waals surface area contributed by atoms with Crippen molar-refractivity contribution in [2.75, 3.05) is 5.32 Å². The number of imidazole rings is 1. The maximum atomic E-state index is 12.9. The molecule has 0 aliphatic carbocycles. The maximum Gasteiger partial charge on any atom is 0.258 e. The molecule has 0 saturated carbocycles. The molecule has 2 heterocycles. The number of rotatable bonds is 3. The second kappa shape index (κ2) is 7.06. The van der Waals surface area contributed by atoms with Crippen LogP contribution in [0.5, 0.6) is 0 Å². The van der Waals surface area contributed by atoms with E-state index < -0.39 is 0 Å². The molecule has 6 heteroatoms. The number of aryl methyl sites for hydroxylation is 1. The molecule has 0 spiro atoms. The molecule has 134 valence electrons. The Kier molecular flexibility index (Phi) is 4.60. The van der Waals surface area contributed by atoms with Crippen LogP contribution in [-0.2, 0) is 0 Å². The van der Waals surface area contributed by atoms with Crippen molar-refractivity contribution < 1.29 is 4.79 Å². The molecule has 27 heavy (non-hydrogen) atoms. The number of benzene rings is 2. The minimum atomic E-state index is -0.344. The van der Waals surface area contributed by atoms with Crippen LogP contribution in [0.25, 0.3) is 16.9 Å². The second-order valence-electron chi connectivity index (χ2n) is 6.17. The summed E-state index contributed by atoms with van der Waals surface area (Å²) in [7, 11) is 0. The van der Waals surface area contributed by atoms with Gasteiger partial charge in [0.15, 0.2) is 0 Å². The van der Waals surface area contributed by atoms with Crippen molar-refractivity contribution in [3.63, 3.8) is 0 Å². The average Bonchev–Trinajstić information content (AvgIpc) is 3.02. The number of fused-ring (bicyclic) bond motifs is 1. The Morgan fingerprint density at radius 1 is 1.00 bits per heavy atom. The van der Waals surface area contributed by atoms with Gasteiger partial charge in [0.1, 0.15) is 17.2 Å². The fraction of sp³-hybridized carbons (Fsp3) is 0.0476. The minimum Gasteiger partial charge on any atom is -0.306 e. The number of nitrogens with zero attached hydrogens (tertiary/aromatic N) is 2. The van der Waals surface area contributed by atoms with E-state index in [9.17, 15) is 4.79 Å². The molecule has 1 N–H and O–H groups in total. The fourth-order valence-corrected chi connectivity index (χ4v) is 3.31. The van der Waals surface area contributed by atoms with Gasteiger partial charge in [-0.05, 0) is 30.7 Å². The summed E-state index contributed by atoms with van der Waals surface area (Å²) in [6.07, 6.45) is 1.93. The number of halogens is 2. The molecule has 0 fully saturated rings. The SMILES string of the molecule is Cc1ccc2nc(-c3ccccc3)c(NC(=O)c3cccc(Cl)c3Cl)n2c1. The molecular formula is C21H15Cl2N3O. The Hall–Kier alpha value is -2.82. The van der Waals surface area contributed by atoms with Crippen LogP contribution < -0.4 is 5.32 Å². The van der Waals surface area contributed by atoms with Crippen molar-refractivity contribution in [3.05, 3.63) is 88.0 Å². The normalized spacial score (nSPS) is 10.9. The van der Waals surface area contributed by atoms with Crippen LogP contribution in [0.2, 0.25) is 10.0 Å². The molecule has 0 bridgehead atoms. The molecule has 0 aliphatic rings. The van der Waals surface area contributed by atoms with Gasteiger partial charge in [-0.25, -0.2) is 4.98 Å². The lowest BCUT2D eigenvalue weighted by Gasteiger charge is -2.10. The highest BCUT2D eigenvalue weighted by Crippen LogP contribution is 2.31. The predicted molar refractivity (Wildman–Crippen MR) is 110 cm³/mol. The molecule has 1 amide bonds. The summed E-state index contributed by atoms with van der Waals surface area (Å²) < 4.78 is 1.87. The van der Waals surface area contributed by atoms with Gasteiger partial charge in [-0.3, -0.25) is 9.20 Å². The Labute approximate surface area is 166 Å². The van der Waals surface area contributed by atoms with Gasteiger partial charge in [0, 0.05) is 11.8 Å². The summed E-state index contributed by atoms with van der Waals surface area (Å²) in [5.74, 6) is 0.240. The molecule has 2 aromatic carbocycles. The van der Waals surface area contributed by atoms with Crippen LogP contribution in [0.1, 0.15) is 15.9 Å². The van der Waals surface area contributed by atoms with Gasteiger partial charge in [-0.15, -0.1) is 0 Å². The number of anilines is 1. The number of hydrogen-bond acceptors (Lipinski definition) is 2. The average molecular weight is 396 g/mol. The van der Waals surface area contributed by atoms with E-state index >= 15 is 0 Å². The first-order valence-electron chi connectivity index (χ1n) is 8.34. The van der Waals surface area contributed by atoms with Crippen molar-refractivity contribution in [1.82, 2.24) is 9.38 Å². The van der Waals surface area contributed by atoms with E-state index in [4.69, 9.17) is 28.2 Å². The van der Waals surface area contributed by atoms with E-state index in [0.717, 1.165) is 16.8 Å². The lowest BCUT2D eigenvalue weighted by Crippen LogP contribution is -2.14. The number of nitrogens with one attached hydrogen (secondary N) is 1. The first-order chi connectivity index (χ1) is 13.0. The van der Waals surface area contributed by atoms with Gasteiger partial charge >= 0.3 is 0 Å². The molecule has 0 saturated heterocycles. The lowest BCUT2D eigenvalue weighted by molar-refractivity contribution is 0.102. The minimum absolute atomic E-state index is 0.225. The molecule has 0 aliphatic heterocycles. The molecule has 0 radical (unpaired) electrons. The highest BCUT2D eigenvalue weighted by Gasteiger charge is 2.19. The van der Waals surface area contributed by atoms with E-state index in [1.807, 2.05) is 60.0 Å². The van der Waals surface area contributed by atoms with E-state index in [0.29, 0.717) is 22.1 Å². The van der Waals surface area contributed by atoms with Crippen molar-refractivity contribution in [3.8, 4) is 11.3 Å². The third kappa shape index (κ3) is 3.29.